The maximum Gasteiger partial charge on any atom is 0.262 e. The lowest BCUT2D eigenvalue weighted by molar-refractivity contribution is -0.0412. The molecule has 11 heteroatoms. The number of alkyl halides is 2. The van der Waals surface area contributed by atoms with Crippen molar-refractivity contribution in [2.45, 2.75) is 37.1 Å². The van der Waals surface area contributed by atoms with Crippen LogP contribution in [-0.4, -0.2) is 52.8 Å². The van der Waals surface area contributed by atoms with E-state index in [-0.39, 0.29) is 41.6 Å². The number of carbonyl (C=O) groups is 1. The molecule has 42 heavy (non-hydrogen) atoms. The fourth-order valence-electron chi connectivity index (χ4n) is 4.89. The van der Waals surface area contributed by atoms with Crippen LogP contribution >= 0.6 is 0 Å². The Morgan fingerprint density at radius 3 is 2.26 bits per heavy atom. The van der Waals surface area contributed by atoms with Crippen molar-refractivity contribution in [3.63, 3.8) is 0 Å². The third kappa shape index (κ3) is 6.12. The van der Waals surface area contributed by atoms with Crippen LogP contribution in [0.2, 0.25) is 0 Å². The van der Waals surface area contributed by atoms with E-state index in [1.807, 2.05) is 30.3 Å². The summed E-state index contributed by atoms with van der Waals surface area (Å²) in [5, 5.41) is 20.0. The predicted octanol–water partition coefficient (Wildman–Crippen LogP) is 5.74. The molecule has 3 aromatic carbocycles. The Labute approximate surface area is 242 Å². The highest BCUT2D eigenvalue weighted by molar-refractivity contribution is 7.89. The molecular weight excluding hydrogens is 564 g/mol. The van der Waals surface area contributed by atoms with E-state index in [4.69, 9.17) is 0 Å². The summed E-state index contributed by atoms with van der Waals surface area (Å²) < 4.78 is 54.3. The number of sulfonamides is 1. The lowest BCUT2D eigenvalue weighted by atomic mass is 10.1. The van der Waals surface area contributed by atoms with Crippen molar-refractivity contribution in [2.24, 2.45) is 0 Å². The number of amides is 1. The smallest absolute Gasteiger partial charge is 0.262 e. The summed E-state index contributed by atoms with van der Waals surface area (Å²) in [6, 6.07) is 21.6. The van der Waals surface area contributed by atoms with Crippen molar-refractivity contribution in [3.8, 4) is 22.8 Å². The van der Waals surface area contributed by atoms with Gasteiger partial charge in [0.15, 0.2) is 0 Å². The molecule has 1 aliphatic rings. The zero-order valence-corrected chi connectivity index (χ0v) is 23.6. The lowest BCUT2D eigenvalue weighted by Crippen LogP contribution is -2.42. The molecule has 1 fully saturated rings. The summed E-state index contributed by atoms with van der Waals surface area (Å²) in [6.07, 6.45) is 0.204. The minimum Gasteiger partial charge on any atom is -0.508 e. The number of aromatic hydroxyl groups is 2. The van der Waals surface area contributed by atoms with Gasteiger partial charge >= 0.3 is 0 Å². The predicted molar refractivity (Wildman–Crippen MR) is 154 cm³/mol. The molecule has 0 aliphatic carbocycles. The maximum atomic E-state index is 13.6. The topological polar surface area (TPSA) is 111 Å². The average Bonchev–Trinajstić information content (AvgIpc) is 2.96. The summed E-state index contributed by atoms with van der Waals surface area (Å²) >= 11 is 0. The largest absolute Gasteiger partial charge is 0.508 e. The van der Waals surface area contributed by atoms with Crippen LogP contribution in [0.15, 0.2) is 90.0 Å². The Bertz CT molecular complexity index is 1700. The Hall–Kier alpha value is -4.35. The van der Waals surface area contributed by atoms with Crippen LogP contribution in [0.4, 0.5) is 14.5 Å². The number of anilines is 1. The number of phenolic OH excluding ortho intramolecular Hbond substituents is 2. The number of aromatic nitrogens is 1. The van der Waals surface area contributed by atoms with E-state index in [0.717, 1.165) is 15.9 Å². The molecule has 218 valence electrons. The van der Waals surface area contributed by atoms with Gasteiger partial charge in [-0.15, -0.1) is 0 Å². The van der Waals surface area contributed by atoms with Crippen molar-refractivity contribution >= 4 is 21.6 Å². The zero-order chi connectivity index (χ0) is 30.1. The molecule has 1 saturated heterocycles. The number of hydrogen-bond donors (Lipinski definition) is 2. The van der Waals surface area contributed by atoms with Gasteiger partial charge in [0.05, 0.1) is 17.8 Å². The van der Waals surface area contributed by atoms with Gasteiger partial charge in [-0.1, -0.05) is 42.5 Å². The van der Waals surface area contributed by atoms with Crippen LogP contribution in [0.3, 0.4) is 0 Å². The number of nitrogens with zero attached hydrogens (tertiary/aromatic N) is 3. The summed E-state index contributed by atoms with van der Waals surface area (Å²) in [5.74, 6) is -3.84. The first-order valence-corrected chi connectivity index (χ1v) is 14.7. The van der Waals surface area contributed by atoms with Crippen LogP contribution in [0.1, 0.15) is 34.3 Å². The van der Waals surface area contributed by atoms with Gasteiger partial charge in [-0.2, -0.15) is 4.31 Å². The quantitative estimate of drug-likeness (QED) is 0.283. The summed E-state index contributed by atoms with van der Waals surface area (Å²) in [7, 11) is -3.97. The Balaban J connectivity index is 1.42. The standard InChI is InChI=1S/C31H29F2N3O5S/c1-21-17-26(42(40,41)35-15-13-31(32,33)14-16-35)19-34-29(21)23-7-9-24(10-8-23)36(20-22-5-3-2-4-6-22)30(39)27-12-11-25(37)18-28(27)38/h2-12,17-19,37-38H,13-16,20H2,1H3. The van der Waals surface area contributed by atoms with E-state index in [1.54, 1.807) is 31.2 Å². The molecule has 4 aromatic rings. The van der Waals surface area contributed by atoms with Crippen molar-refractivity contribution < 1.29 is 32.2 Å². The van der Waals surface area contributed by atoms with Crippen molar-refractivity contribution in [3.05, 3.63) is 102 Å². The second-order valence-electron chi connectivity index (χ2n) is 10.2. The number of pyridine rings is 1. The number of halogens is 2. The molecule has 8 nitrogen and oxygen atoms in total. The van der Waals surface area contributed by atoms with Gasteiger partial charge in [0.25, 0.3) is 11.8 Å². The number of rotatable bonds is 7. The van der Waals surface area contributed by atoms with E-state index in [0.29, 0.717) is 22.5 Å². The second-order valence-corrected chi connectivity index (χ2v) is 12.2. The monoisotopic (exact) mass is 593 g/mol. The molecule has 0 bridgehead atoms. The molecule has 1 amide bonds. The first-order chi connectivity index (χ1) is 19.9. The molecule has 0 radical (unpaired) electrons. The Morgan fingerprint density at radius 2 is 1.64 bits per heavy atom. The first kappa shape index (κ1) is 29.2. The molecule has 0 unspecified atom stereocenters. The van der Waals surface area contributed by atoms with E-state index in [1.165, 1.54) is 29.3 Å². The van der Waals surface area contributed by atoms with Crippen LogP contribution in [0.25, 0.3) is 11.3 Å². The fourth-order valence-corrected chi connectivity index (χ4v) is 6.36. The molecular formula is C31H29F2N3O5S. The minimum absolute atomic E-state index is 0.0274. The lowest BCUT2D eigenvalue weighted by Gasteiger charge is -2.30. The van der Waals surface area contributed by atoms with Crippen molar-refractivity contribution in [1.29, 1.82) is 0 Å². The van der Waals surface area contributed by atoms with Crippen LogP contribution < -0.4 is 4.90 Å². The van der Waals surface area contributed by atoms with Gasteiger partial charge in [-0.05, 0) is 48.4 Å². The molecule has 5 rings (SSSR count). The number of aryl methyl sites for hydroxylation is 1. The molecule has 0 saturated carbocycles. The molecule has 2 heterocycles. The number of piperidine rings is 1. The van der Waals surface area contributed by atoms with E-state index in [9.17, 15) is 32.2 Å². The number of hydrogen-bond acceptors (Lipinski definition) is 6. The van der Waals surface area contributed by atoms with Crippen molar-refractivity contribution in [2.75, 3.05) is 18.0 Å². The maximum absolute atomic E-state index is 13.6. The summed E-state index contributed by atoms with van der Waals surface area (Å²) in [5.41, 5.74) is 3.22. The zero-order valence-electron chi connectivity index (χ0n) is 22.7. The highest BCUT2D eigenvalue weighted by Crippen LogP contribution is 2.33. The van der Waals surface area contributed by atoms with E-state index < -0.39 is 34.7 Å². The van der Waals surface area contributed by atoms with Gasteiger partial charge < -0.3 is 15.1 Å². The third-order valence-corrected chi connectivity index (χ3v) is 9.10. The Kier molecular flexibility index (Phi) is 7.98. The molecule has 0 spiro atoms. The average molecular weight is 594 g/mol. The van der Waals surface area contributed by atoms with Crippen LogP contribution in [0.5, 0.6) is 11.5 Å². The Morgan fingerprint density at radius 1 is 0.976 bits per heavy atom. The number of phenols is 2. The fraction of sp³-hybridized carbons (Fsp3) is 0.226. The van der Waals surface area contributed by atoms with Crippen molar-refractivity contribution in [1.82, 2.24) is 9.29 Å². The highest BCUT2D eigenvalue weighted by atomic mass is 32.2. The van der Waals surface area contributed by atoms with Gasteiger partial charge in [-0.3, -0.25) is 9.78 Å². The molecule has 2 N–H and O–H groups in total. The molecule has 1 aromatic heterocycles. The van der Waals surface area contributed by atoms with E-state index >= 15 is 0 Å². The SMILES string of the molecule is Cc1cc(S(=O)(=O)N2CCC(F)(F)CC2)cnc1-c1ccc(N(Cc2ccccc2)C(=O)c2ccc(O)cc2O)cc1. The van der Waals surface area contributed by atoms with Crippen LogP contribution in [0, 0.1) is 6.92 Å². The highest BCUT2D eigenvalue weighted by Gasteiger charge is 2.38. The first-order valence-electron chi connectivity index (χ1n) is 13.3. The second kappa shape index (κ2) is 11.5. The number of carbonyl (C=O) groups excluding carboxylic acids is 1. The van der Waals surface area contributed by atoms with Crippen LogP contribution in [-0.2, 0) is 16.6 Å². The number of benzene rings is 3. The van der Waals surface area contributed by atoms with Gasteiger partial charge in [0.1, 0.15) is 16.4 Å². The van der Waals surface area contributed by atoms with Gasteiger partial charge in [-0.25, -0.2) is 17.2 Å². The normalized spacial score (nSPS) is 15.3. The molecule has 1 aliphatic heterocycles. The third-order valence-electron chi connectivity index (χ3n) is 7.24. The molecule has 0 atom stereocenters. The van der Waals surface area contributed by atoms with Gasteiger partial charge in [0, 0.05) is 49.4 Å². The van der Waals surface area contributed by atoms with Gasteiger partial charge in [0.2, 0.25) is 10.0 Å². The minimum atomic E-state index is -3.97. The summed E-state index contributed by atoms with van der Waals surface area (Å²) in [6.45, 7) is 1.43. The van der Waals surface area contributed by atoms with E-state index in [2.05, 4.69) is 4.98 Å². The summed E-state index contributed by atoms with van der Waals surface area (Å²) in [4.78, 5) is 19.4.